The van der Waals surface area contributed by atoms with Crippen LogP contribution in [0.4, 0.5) is 0 Å². The molecule has 3 nitrogen and oxygen atoms in total. The van der Waals surface area contributed by atoms with Crippen molar-refractivity contribution in [3.63, 3.8) is 0 Å². The van der Waals surface area contributed by atoms with Gasteiger partial charge in [-0.1, -0.05) is 35.5 Å². The lowest BCUT2D eigenvalue weighted by atomic mass is 10.1. The molecule has 1 fully saturated rings. The zero-order valence-corrected chi connectivity index (χ0v) is 8.72. The molecule has 2 aromatic rings. The van der Waals surface area contributed by atoms with Gasteiger partial charge < -0.3 is 4.52 Å². The lowest BCUT2D eigenvalue weighted by Gasteiger charge is -1.94. The van der Waals surface area contributed by atoms with Gasteiger partial charge in [0.25, 0.3) is 0 Å². The smallest absolute Gasteiger partial charge is 0.214 e. The minimum atomic E-state index is -0.0729. The highest BCUT2D eigenvalue weighted by molar-refractivity contribution is 6.07. The highest BCUT2D eigenvalue weighted by atomic mass is 16.5. The van der Waals surface area contributed by atoms with Crippen molar-refractivity contribution in [3.05, 3.63) is 53.4 Å². The number of nitrogens with zero attached hydrogens (tertiary/aromatic N) is 1. The Morgan fingerprint density at radius 1 is 1.25 bits per heavy atom. The maximum atomic E-state index is 12.0. The van der Waals surface area contributed by atoms with E-state index in [-0.39, 0.29) is 5.78 Å². The topological polar surface area (TPSA) is 43.1 Å². The number of carbonyl (C=O) groups excluding carboxylic acids is 1. The maximum absolute atomic E-state index is 12.0. The third kappa shape index (κ3) is 1.65. The molecule has 3 rings (SSSR count). The molecule has 3 heteroatoms. The van der Waals surface area contributed by atoms with Crippen LogP contribution in [0, 0.1) is 0 Å². The van der Waals surface area contributed by atoms with Crippen molar-refractivity contribution in [1.29, 1.82) is 0 Å². The summed E-state index contributed by atoms with van der Waals surface area (Å²) in [7, 11) is 0. The molecule has 0 spiro atoms. The molecule has 1 heterocycles. The first-order valence-corrected chi connectivity index (χ1v) is 5.41. The zero-order chi connectivity index (χ0) is 11.0. The van der Waals surface area contributed by atoms with Crippen LogP contribution in [0.1, 0.15) is 40.6 Å². The number of carbonyl (C=O) groups is 1. The van der Waals surface area contributed by atoms with Crippen molar-refractivity contribution in [2.24, 2.45) is 0 Å². The molecule has 0 unspecified atom stereocenters. The fourth-order valence-corrected chi connectivity index (χ4v) is 1.69. The van der Waals surface area contributed by atoms with E-state index < -0.39 is 0 Å². The number of ketones is 1. The number of rotatable bonds is 3. The van der Waals surface area contributed by atoms with Crippen LogP contribution in [0.3, 0.4) is 0 Å². The van der Waals surface area contributed by atoms with E-state index in [0.717, 1.165) is 18.6 Å². The van der Waals surface area contributed by atoms with Gasteiger partial charge >= 0.3 is 0 Å². The lowest BCUT2D eigenvalue weighted by Crippen LogP contribution is -2.00. The quantitative estimate of drug-likeness (QED) is 0.736. The number of aromatic nitrogens is 1. The predicted molar refractivity (Wildman–Crippen MR) is 58.4 cm³/mol. The van der Waals surface area contributed by atoms with Crippen molar-refractivity contribution >= 4 is 5.78 Å². The Morgan fingerprint density at radius 2 is 2.00 bits per heavy atom. The average Bonchev–Trinajstić information content (AvgIpc) is 3.08. The van der Waals surface area contributed by atoms with Gasteiger partial charge in [-0.15, -0.1) is 0 Å². The summed E-state index contributed by atoms with van der Waals surface area (Å²) in [5.74, 6) is 1.26. The van der Waals surface area contributed by atoms with Crippen molar-refractivity contribution in [1.82, 2.24) is 5.16 Å². The summed E-state index contributed by atoms with van der Waals surface area (Å²) in [6, 6.07) is 10.9. The van der Waals surface area contributed by atoms with Crippen molar-refractivity contribution in [2.75, 3.05) is 0 Å². The Bertz CT molecular complexity index is 512. The Labute approximate surface area is 93.1 Å². The summed E-state index contributed by atoms with van der Waals surface area (Å²) in [6.07, 6.45) is 2.29. The van der Waals surface area contributed by atoms with E-state index in [2.05, 4.69) is 5.16 Å². The Morgan fingerprint density at radius 3 is 2.69 bits per heavy atom. The van der Waals surface area contributed by atoms with Crippen LogP contribution in [-0.4, -0.2) is 10.9 Å². The molecule has 0 aliphatic heterocycles. The number of benzene rings is 1. The standard InChI is InChI=1S/C13H11NO2/c15-13(10-4-2-1-3-5-10)11-8-12(16-14-11)9-6-7-9/h1-5,8-9H,6-7H2. The van der Waals surface area contributed by atoms with E-state index in [4.69, 9.17) is 4.52 Å². The maximum Gasteiger partial charge on any atom is 0.214 e. The molecule has 0 radical (unpaired) electrons. The van der Waals surface area contributed by atoms with Crippen LogP contribution in [0.15, 0.2) is 40.9 Å². The van der Waals surface area contributed by atoms with Crippen molar-refractivity contribution < 1.29 is 9.32 Å². The van der Waals surface area contributed by atoms with Crippen LogP contribution in [0.2, 0.25) is 0 Å². The van der Waals surface area contributed by atoms with Gasteiger partial charge in [-0.05, 0) is 12.8 Å². The zero-order valence-electron chi connectivity index (χ0n) is 8.72. The van der Waals surface area contributed by atoms with Crippen LogP contribution < -0.4 is 0 Å². The summed E-state index contributed by atoms with van der Waals surface area (Å²) < 4.78 is 5.16. The number of hydrogen-bond acceptors (Lipinski definition) is 3. The Hall–Kier alpha value is -1.90. The van der Waals surface area contributed by atoms with Crippen LogP contribution in [0.5, 0.6) is 0 Å². The molecule has 0 atom stereocenters. The molecular weight excluding hydrogens is 202 g/mol. The molecular formula is C13H11NO2. The summed E-state index contributed by atoms with van der Waals surface area (Å²) in [6.45, 7) is 0. The normalized spacial score (nSPS) is 15.0. The van der Waals surface area contributed by atoms with Crippen LogP contribution in [-0.2, 0) is 0 Å². The second kappa shape index (κ2) is 3.59. The molecule has 1 aliphatic rings. The van der Waals surface area contributed by atoms with Crippen LogP contribution in [0.25, 0.3) is 0 Å². The van der Waals surface area contributed by atoms with E-state index in [1.54, 1.807) is 18.2 Å². The molecule has 1 saturated carbocycles. The molecule has 0 saturated heterocycles. The minimum absolute atomic E-state index is 0.0729. The average molecular weight is 213 g/mol. The first-order chi connectivity index (χ1) is 7.84. The van der Waals surface area contributed by atoms with Crippen molar-refractivity contribution in [2.45, 2.75) is 18.8 Å². The SMILES string of the molecule is O=C(c1ccccc1)c1cc(C2CC2)on1. The largest absolute Gasteiger partial charge is 0.360 e. The van der Waals surface area contributed by atoms with Crippen molar-refractivity contribution in [3.8, 4) is 0 Å². The second-order valence-corrected chi connectivity index (χ2v) is 4.08. The molecule has 1 aliphatic carbocycles. The Balaban J connectivity index is 1.88. The molecule has 0 amide bonds. The highest BCUT2D eigenvalue weighted by Gasteiger charge is 2.28. The van der Waals surface area contributed by atoms with Gasteiger partial charge in [0.1, 0.15) is 5.76 Å². The van der Waals surface area contributed by atoms with Gasteiger partial charge in [0.2, 0.25) is 5.78 Å². The molecule has 16 heavy (non-hydrogen) atoms. The second-order valence-electron chi connectivity index (χ2n) is 4.08. The van der Waals surface area contributed by atoms with Gasteiger partial charge in [-0.2, -0.15) is 0 Å². The van der Waals surface area contributed by atoms with Gasteiger partial charge in [0.05, 0.1) is 0 Å². The van der Waals surface area contributed by atoms with Gasteiger partial charge in [-0.3, -0.25) is 4.79 Å². The molecule has 1 aromatic carbocycles. The fourth-order valence-electron chi connectivity index (χ4n) is 1.69. The predicted octanol–water partition coefficient (Wildman–Crippen LogP) is 2.78. The summed E-state index contributed by atoms with van der Waals surface area (Å²) >= 11 is 0. The monoisotopic (exact) mass is 213 g/mol. The Kier molecular flexibility index (Phi) is 2.10. The van der Waals surface area contributed by atoms with Gasteiger partial charge in [0, 0.05) is 17.5 Å². The number of hydrogen-bond donors (Lipinski definition) is 0. The van der Waals surface area contributed by atoms with E-state index in [1.165, 1.54) is 0 Å². The summed E-state index contributed by atoms with van der Waals surface area (Å²) in [5, 5.41) is 3.83. The van der Waals surface area contributed by atoms with Gasteiger partial charge in [0.15, 0.2) is 5.69 Å². The first-order valence-electron chi connectivity index (χ1n) is 5.41. The minimum Gasteiger partial charge on any atom is -0.360 e. The van der Waals surface area contributed by atoms with Crippen LogP contribution >= 0.6 is 0 Å². The third-order valence-corrected chi connectivity index (χ3v) is 2.78. The van der Waals surface area contributed by atoms with E-state index in [9.17, 15) is 4.79 Å². The lowest BCUT2D eigenvalue weighted by molar-refractivity contribution is 0.103. The molecule has 0 bridgehead atoms. The summed E-state index contributed by atoms with van der Waals surface area (Å²) in [4.78, 5) is 12.0. The fraction of sp³-hybridized carbons (Fsp3) is 0.231. The summed E-state index contributed by atoms with van der Waals surface area (Å²) in [5.41, 5.74) is 1.06. The third-order valence-electron chi connectivity index (χ3n) is 2.78. The van der Waals surface area contributed by atoms with E-state index >= 15 is 0 Å². The molecule has 1 aromatic heterocycles. The van der Waals surface area contributed by atoms with E-state index in [1.807, 2.05) is 18.2 Å². The van der Waals surface area contributed by atoms with Gasteiger partial charge in [-0.25, -0.2) is 0 Å². The highest BCUT2D eigenvalue weighted by Crippen LogP contribution is 2.40. The van der Waals surface area contributed by atoms with E-state index in [0.29, 0.717) is 17.2 Å². The first kappa shape index (κ1) is 9.33. The molecule has 0 N–H and O–H groups in total. The molecule has 80 valence electrons.